The van der Waals surface area contributed by atoms with Crippen molar-refractivity contribution in [3.8, 4) is 0 Å². The van der Waals surface area contributed by atoms with E-state index in [0.29, 0.717) is 11.4 Å². The molecule has 2 aromatic heterocycles. The third kappa shape index (κ3) is 1.70. The summed E-state index contributed by atoms with van der Waals surface area (Å²) in [6, 6.07) is 5.23. The molecule has 2 aliphatic rings. The lowest BCUT2D eigenvalue weighted by Crippen LogP contribution is -2.49. The predicted octanol–water partition coefficient (Wildman–Crippen LogP) is 3.29. The van der Waals surface area contributed by atoms with E-state index in [1.54, 1.807) is 36.7 Å². The van der Waals surface area contributed by atoms with Crippen molar-refractivity contribution in [3.05, 3.63) is 70.4 Å². The molecule has 4 heterocycles. The predicted molar refractivity (Wildman–Crippen MR) is 81.2 cm³/mol. The first kappa shape index (κ1) is 12.7. The van der Waals surface area contributed by atoms with Gasteiger partial charge in [0.25, 0.3) is 0 Å². The molecule has 0 bridgehead atoms. The van der Waals surface area contributed by atoms with Crippen molar-refractivity contribution < 1.29 is 13.1 Å². The molecule has 2 aliphatic heterocycles. The summed E-state index contributed by atoms with van der Waals surface area (Å²) in [6.45, 7) is -3.84. The number of halogens is 3. The number of pyridine rings is 1. The number of hydrogen-bond donors (Lipinski definition) is 0. The summed E-state index contributed by atoms with van der Waals surface area (Å²) in [4.78, 5) is 4.14. The zero-order valence-corrected chi connectivity index (χ0v) is 12.3. The molecule has 0 amide bonds. The van der Waals surface area contributed by atoms with Gasteiger partial charge in [-0.2, -0.15) is 0 Å². The van der Waals surface area contributed by atoms with Crippen molar-refractivity contribution in [3.63, 3.8) is 0 Å². The molecule has 3 nitrogen and oxygen atoms in total. The minimum absolute atomic E-state index is 0.506. The molecular formula is C14H9BBrF2N3. The summed E-state index contributed by atoms with van der Waals surface area (Å²) in [6.07, 6.45) is 9.55. The highest BCUT2D eigenvalue weighted by molar-refractivity contribution is 9.10. The number of allylic oxidation sites excluding steroid dienone is 2. The highest BCUT2D eigenvalue weighted by Crippen LogP contribution is 2.38. The van der Waals surface area contributed by atoms with Gasteiger partial charge in [0.1, 0.15) is 6.21 Å². The van der Waals surface area contributed by atoms with Crippen LogP contribution in [0.15, 0.2) is 59.1 Å². The van der Waals surface area contributed by atoms with Gasteiger partial charge in [0.05, 0.1) is 5.57 Å². The van der Waals surface area contributed by atoms with Crippen molar-refractivity contribution in [1.82, 2.24) is 9.46 Å². The zero-order chi connectivity index (χ0) is 14.6. The molecule has 104 valence electrons. The van der Waals surface area contributed by atoms with E-state index in [9.17, 15) is 8.63 Å². The van der Waals surface area contributed by atoms with E-state index in [2.05, 4.69) is 20.9 Å². The van der Waals surface area contributed by atoms with Crippen LogP contribution >= 0.6 is 15.9 Å². The van der Waals surface area contributed by atoms with Gasteiger partial charge in [-0.3, -0.25) is 4.98 Å². The molecule has 0 aliphatic carbocycles. The number of aromatic nitrogens is 2. The molecule has 2 aromatic rings. The van der Waals surface area contributed by atoms with Crippen LogP contribution in [-0.2, 0) is 0 Å². The minimum atomic E-state index is -3.84. The standard InChI is InChI=1S/C14H9BBrF2N3/c16-11-7-10(8-19-9-11)14-12-3-1-5-20(12)15(17,18)21-6-2-4-13(14)21/h1-9H. The molecule has 4 rings (SSSR count). The van der Waals surface area contributed by atoms with Crippen LogP contribution in [0, 0.1) is 0 Å². The Hall–Kier alpha value is -2.02. The van der Waals surface area contributed by atoms with Crippen LogP contribution in [0.25, 0.3) is 5.57 Å². The van der Waals surface area contributed by atoms with Gasteiger partial charge in [-0.25, -0.2) is 0 Å². The molecule has 0 spiro atoms. The van der Waals surface area contributed by atoms with Crippen molar-refractivity contribution in [1.29, 1.82) is 0 Å². The quantitative estimate of drug-likeness (QED) is 0.725. The highest BCUT2D eigenvalue weighted by Gasteiger charge is 2.51. The maximum absolute atomic E-state index is 14.6. The SMILES string of the molecule is F[B-]1(F)n2cccc2C(c2cncc(Br)c2)=C2C=CC=[N+]21. The fourth-order valence-corrected chi connectivity index (χ4v) is 3.23. The molecule has 0 fully saturated rings. The van der Waals surface area contributed by atoms with Gasteiger partial charge in [0.2, 0.25) is 0 Å². The Bertz CT molecular complexity index is 851. The van der Waals surface area contributed by atoms with Crippen molar-refractivity contribution in [2.75, 3.05) is 0 Å². The van der Waals surface area contributed by atoms with Crippen LogP contribution in [0.4, 0.5) is 8.63 Å². The van der Waals surface area contributed by atoms with E-state index in [4.69, 9.17) is 0 Å². The number of rotatable bonds is 1. The Balaban J connectivity index is 2.06. The second-order valence-electron chi connectivity index (χ2n) is 4.96. The Morgan fingerprint density at radius 1 is 1.29 bits per heavy atom. The van der Waals surface area contributed by atoms with Gasteiger partial charge in [-0.05, 0) is 40.3 Å². The normalized spacial score (nSPS) is 18.5. The monoisotopic (exact) mass is 347 g/mol. The van der Waals surface area contributed by atoms with Gasteiger partial charge in [0, 0.05) is 40.3 Å². The van der Waals surface area contributed by atoms with Gasteiger partial charge < -0.3 is 17.6 Å². The summed E-state index contributed by atoms with van der Waals surface area (Å²) in [5.74, 6) is 0. The summed E-state index contributed by atoms with van der Waals surface area (Å²) in [7, 11) is 0. The molecular weight excluding hydrogens is 339 g/mol. The topological polar surface area (TPSA) is 20.8 Å². The summed E-state index contributed by atoms with van der Waals surface area (Å²) in [5, 5.41) is 0. The zero-order valence-electron chi connectivity index (χ0n) is 10.7. The lowest BCUT2D eigenvalue weighted by atomic mass is 9.87. The Morgan fingerprint density at radius 3 is 2.95 bits per heavy atom. The maximum Gasteiger partial charge on any atom is 0.737 e. The summed E-state index contributed by atoms with van der Waals surface area (Å²) >= 11 is 3.38. The minimum Gasteiger partial charge on any atom is -0.396 e. The smallest absolute Gasteiger partial charge is 0.396 e. The van der Waals surface area contributed by atoms with Gasteiger partial charge in [-0.15, -0.1) is 0 Å². The summed E-state index contributed by atoms with van der Waals surface area (Å²) in [5.41, 5.74) is 2.57. The lowest BCUT2D eigenvalue weighted by molar-refractivity contribution is -0.356. The molecule has 0 saturated heterocycles. The van der Waals surface area contributed by atoms with Crippen LogP contribution in [-0.4, -0.2) is 27.1 Å². The largest absolute Gasteiger partial charge is 0.737 e. The second-order valence-corrected chi connectivity index (χ2v) is 5.87. The number of hydrogen-bond acceptors (Lipinski definition) is 1. The average Bonchev–Trinajstić information content (AvgIpc) is 3.08. The maximum atomic E-state index is 14.6. The lowest BCUT2D eigenvalue weighted by Gasteiger charge is -2.30. The fraction of sp³-hybridized carbons (Fsp3) is 0. The molecule has 21 heavy (non-hydrogen) atoms. The molecule has 0 radical (unpaired) electrons. The van der Waals surface area contributed by atoms with E-state index >= 15 is 0 Å². The van der Waals surface area contributed by atoms with E-state index in [-0.39, 0.29) is 0 Å². The van der Waals surface area contributed by atoms with E-state index < -0.39 is 6.97 Å². The third-order valence-electron chi connectivity index (χ3n) is 3.73. The van der Waals surface area contributed by atoms with Crippen molar-refractivity contribution in [2.24, 2.45) is 0 Å². The fourth-order valence-electron chi connectivity index (χ4n) is 2.86. The first-order valence-corrected chi connectivity index (χ1v) is 7.23. The van der Waals surface area contributed by atoms with E-state index in [1.807, 2.05) is 6.07 Å². The first-order valence-electron chi connectivity index (χ1n) is 6.44. The molecule has 0 saturated carbocycles. The second kappa shape index (κ2) is 4.24. The van der Waals surface area contributed by atoms with E-state index in [1.165, 1.54) is 12.4 Å². The van der Waals surface area contributed by atoms with Crippen molar-refractivity contribution >= 4 is 34.7 Å². The van der Waals surface area contributed by atoms with Crippen molar-refractivity contribution in [2.45, 2.75) is 0 Å². The number of nitrogens with zero attached hydrogens (tertiary/aromatic N) is 3. The van der Waals surface area contributed by atoms with Crippen LogP contribution in [0.2, 0.25) is 0 Å². The molecule has 0 aromatic carbocycles. The van der Waals surface area contributed by atoms with Crippen LogP contribution in [0.1, 0.15) is 11.3 Å². The first-order chi connectivity index (χ1) is 10.1. The number of fused-ring (bicyclic) bond motifs is 2. The Labute approximate surface area is 128 Å². The molecule has 7 heteroatoms. The third-order valence-corrected chi connectivity index (χ3v) is 4.17. The van der Waals surface area contributed by atoms with Gasteiger partial charge >= 0.3 is 6.97 Å². The van der Waals surface area contributed by atoms with Crippen LogP contribution in [0.3, 0.4) is 0 Å². The molecule has 0 atom stereocenters. The van der Waals surface area contributed by atoms with Gasteiger partial charge in [0.15, 0.2) is 5.70 Å². The Kier molecular flexibility index (Phi) is 2.56. The average molecular weight is 348 g/mol. The van der Waals surface area contributed by atoms with Crippen LogP contribution in [0.5, 0.6) is 0 Å². The molecule has 0 unspecified atom stereocenters. The highest BCUT2D eigenvalue weighted by atomic mass is 79.9. The molecule has 0 N–H and O–H groups in total. The van der Waals surface area contributed by atoms with E-state index in [0.717, 1.165) is 24.6 Å². The summed E-state index contributed by atoms with van der Waals surface area (Å²) < 4.78 is 32.1. The Morgan fingerprint density at radius 2 is 2.14 bits per heavy atom. The van der Waals surface area contributed by atoms with Crippen LogP contribution < -0.4 is 0 Å². The van der Waals surface area contributed by atoms with Gasteiger partial charge in [-0.1, -0.05) is 0 Å².